The number of fused-ring (bicyclic) bond motifs is 2. The third-order valence-corrected chi connectivity index (χ3v) is 4.71. The van der Waals surface area contributed by atoms with Crippen LogP contribution >= 0.6 is 0 Å². The van der Waals surface area contributed by atoms with Gasteiger partial charge in [-0.15, -0.1) is 0 Å². The van der Waals surface area contributed by atoms with Crippen LogP contribution in [0.15, 0.2) is 65.7 Å². The van der Waals surface area contributed by atoms with Crippen LogP contribution in [0.25, 0.3) is 21.7 Å². The monoisotopic (exact) mass is 389 g/mol. The molecule has 7 nitrogen and oxygen atoms in total. The Kier molecular flexibility index (Phi) is 4.87. The second kappa shape index (κ2) is 7.63. The summed E-state index contributed by atoms with van der Waals surface area (Å²) in [4.78, 5) is 29.7. The Morgan fingerprint density at radius 3 is 2.52 bits per heavy atom. The summed E-state index contributed by atoms with van der Waals surface area (Å²) in [5.74, 6) is 0.597. The lowest BCUT2D eigenvalue weighted by atomic mass is 10.1. The molecule has 0 radical (unpaired) electrons. The lowest BCUT2D eigenvalue weighted by Gasteiger charge is -2.11. The molecule has 0 saturated heterocycles. The van der Waals surface area contributed by atoms with Gasteiger partial charge in [0.2, 0.25) is 5.91 Å². The summed E-state index contributed by atoms with van der Waals surface area (Å²) < 4.78 is 11.8. The van der Waals surface area contributed by atoms with Crippen LogP contribution in [0.4, 0.5) is 5.69 Å². The lowest BCUT2D eigenvalue weighted by Crippen LogP contribution is -2.28. The highest BCUT2D eigenvalue weighted by atomic mass is 16.5. The Bertz CT molecular complexity index is 1280. The van der Waals surface area contributed by atoms with Gasteiger partial charge in [-0.2, -0.15) is 0 Å². The lowest BCUT2D eigenvalue weighted by molar-refractivity contribution is -0.116. The van der Waals surface area contributed by atoms with Gasteiger partial charge in [0.1, 0.15) is 6.54 Å². The quantitative estimate of drug-likeness (QED) is 0.567. The van der Waals surface area contributed by atoms with Gasteiger partial charge >= 0.3 is 0 Å². The van der Waals surface area contributed by atoms with Crippen molar-refractivity contribution >= 4 is 33.3 Å². The topological polar surface area (TPSA) is 82.5 Å². The van der Waals surface area contributed by atoms with E-state index in [1.807, 2.05) is 42.5 Å². The van der Waals surface area contributed by atoms with Gasteiger partial charge in [0.25, 0.3) is 5.56 Å². The van der Waals surface area contributed by atoms with Crippen molar-refractivity contribution in [3.8, 4) is 11.5 Å². The number of benzene rings is 3. The Labute approximate surface area is 166 Å². The van der Waals surface area contributed by atoms with E-state index >= 15 is 0 Å². The van der Waals surface area contributed by atoms with E-state index in [9.17, 15) is 9.59 Å². The molecule has 4 rings (SSSR count). The predicted molar refractivity (Wildman–Crippen MR) is 112 cm³/mol. The van der Waals surface area contributed by atoms with Gasteiger partial charge in [-0.05, 0) is 17.5 Å². The van der Waals surface area contributed by atoms with Crippen molar-refractivity contribution in [3.05, 3.63) is 71.3 Å². The molecule has 0 aliphatic rings. The molecule has 0 fully saturated rings. The molecule has 1 heterocycles. The molecular formula is C22H19N3O4. The largest absolute Gasteiger partial charge is 0.493 e. The maximum absolute atomic E-state index is 12.8. The van der Waals surface area contributed by atoms with Crippen LogP contribution < -0.4 is 20.3 Å². The number of hydrogen-bond donors (Lipinski definition) is 1. The SMILES string of the molecule is COc1cc2ncn(CC(=O)Nc3cccc4ccccc34)c(=O)c2cc1OC. The zero-order valence-electron chi connectivity index (χ0n) is 16.0. The molecule has 1 aromatic heterocycles. The second-order valence-corrected chi connectivity index (χ2v) is 6.48. The van der Waals surface area contributed by atoms with E-state index in [0.717, 1.165) is 10.8 Å². The number of carbonyl (C=O) groups excluding carboxylic acids is 1. The highest BCUT2D eigenvalue weighted by Gasteiger charge is 2.13. The van der Waals surface area contributed by atoms with Gasteiger partial charge in [0.05, 0.1) is 31.4 Å². The Hall–Kier alpha value is -3.87. The van der Waals surface area contributed by atoms with Crippen LogP contribution in [0.3, 0.4) is 0 Å². The summed E-state index contributed by atoms with van der Waals surface area (Å²) >= 11 is 0. The van der Waals surface area contributed by atoms with Gasteiger partial charge in [0.15, 0.2) is 11.5 Å². The molecule has 0 atom stereocenters. The van der Waals surface area contributed by atoms with Gasteiger partial charge < -0.3 is 14.8 Å². The number of anilines is 1. The maximum atomic E-state index is 12.8. The summed E-state index contributed by atoms with van der Waals surface area (Å²) in [6.45, 7) is -0.153. The first-order valence-corrected chi connectivity index (χ1v) is 8.99. The van der Waals surface area contributed by atoms with Crippen LogP contribution in [0.1, 0.15) is 0 Å². The van der Waals surface area contributed by atoms with Crippen molar-refractivity contribution in [1.29, 1.82) is 0 Å². The molecule has 1 N–H and O–H groups in total. The van der Waals surface area contributed by atoms with Crippen molar-refractivity contribution in [2.24, 2.45) is 0 Å². The fourth-order valence-electron chi connectivity index (χ4n) is 3.28. The van der Waals surface area contributed by atoms with E-state index in [1.165, 1.54) is 25.1 Å². The Morgan fingerprint density at radius 2 is 1.72 bits per heavy atom. The summed E-state index contributed by atoms with van der Waals surface area (Å²) in [6, 6.07) is 16.7. The number of rotatable bonds is 5. The molecular weight excluding hydrogens is 370 g/mol. The van der Waals surface area contributed by atoms with Crippen molar-refractivity contribution in [2.75, 3.05) is 19.5 Å². The molecule has 0 saturated carbocycles. The van der Waals surface area contributed by atoms with Crippen molar-refractivity contribution in [2.45, 2.75) is 6.54 Å². The number of nitrogens with one attached hydrogen (secondary N) is 1. The van der Waals surface area contributed by atoms with Gasteiger partial charge in [-0.1, -0.05) is 36.4 Å². The number of carbonyl (C=O) groups is 1. The van der Waals surface area contributed by atoms with Crippen LogP contribution in [0.2, 0.25) is 0 Å². The zero-order valence-corrected chi connectivity index (χ0v) is 16.0. The van der Waals surface area contributed by atoms with Gasteiger partial charge in [0, 0.05) is 17.1 Å². The minimum atomic E-state index is -0.330. The third kappa shape index (κ3) is 3.50. The second-order valence-electron chi connectivity index (χ2n) is 6.48. The number of aromatic nitrogens is 2. The number of methoxy groups -OCH3 is 2. The van der Waals surface area contributed by atoms with E-state index in [4.69, 9.17) is 9.47 Å². The van der Waals surface area contributed by atoms with Crippen molar-refractivity contribution in [1.82, 2.24) is 9.55 Å². The minimum Gasteiger partial charge on any atom is -0.493 e. The predicted octanol–water partition coefficient (Wildman–Crippen LogP) is 3.21. The fourth-order valence-corrected chi connectivity index (χ4v) is 3.28. The average molecular weight is 389 g/mol. The first-order valence-electron chi connectivity index (χ1n) is 8.99. The highest BCUT2D eigenvalue weighted by molar-refractivity contribution is 6.02. The van der Waals surface area contributed by atoms with Crippen LogP contribution in [0, 0.1) is 0 Å². The molecule has 29 heavy (non-hydrogen) atoms. The first kappa shape index (κ1) is 18.5. The molecule has 0 bridgehead atoms. The summed E-state index contributed by atoms with van der Waals surface area (Å²) in [7, 11) is 3.01. The first-order chi connectivity index (χ1) is 14.1. The molecule has 146 valence electrons. The Morgan fingerprint density at radius 1 is 1.00 bits per heavy atom. The molecule has 7 heteroatoms. The maximum Gasteiger partial charge on any atom is 0.261 e. The summed E-state index contributed by atoms with van der Waals surface area (Å²) in [6.07, 6.45) is 1.36. The molecule has 4 aromatic rings. The standard InChI is InChI=1S/C22H19N3O4/c1-28-19-10-16-18(11-20(19)29-2)23-13-25(22(16)27)12-21(26)24-17-9-5-7-14-6-3-4-8-15(14)17/h3-11,13H,12H2,1-2H3,(H,24,26). The molecule has 0 aliphatic carbocycles. The van der Waals surface area contributed by atoms with Gasteiger partial charge in [-0.25, -0.2) is 4.98 Å². The van der Waals surface area contributed by atoms with E-state index in [2.05, 4.69) is 10.3 Å². The number of hydrogen-bond acceptors (Lipinski definition) is 5. The van der Waals surface area contributed by atoms with E-state index in [0.29, 0.717) is 28.1 Å². The third-order valence-electron chi connectivity index (χ3n) is 4.71. The smallest absolute Gasteiger partial charge is 0.261 e. The zero-order chi connectivity index (χ0) is 20.4. The van der Waals surface area contributed by atoms with Crippen LogP contribution in [0.5, 0.6) is 11.5 Å². The highest BCUT2D eigenvalue weighted by Crippen LogP contribution is 2.29. The normalized spacial score (nSPS) is 10.8. The van der Waals surface area contributed by atoms with E-state index < -0.39 is 0 Å². The van der Waals surface area contributed by atoms with E-state index in [-0.39, 0.29) is 18.0 Å². The average Bonchev–Trinajstić information content (AvgIpc) is 2.75. The van der Waals surface area contributed by atoms with Crippen LogP contribution in [-0.2, 0) is 11.3 Å². The van der Waals surface area contributed by atoms with Crippen molar-refractivity contribution in [3.63, 3.8) is 0 Å². The molecule has 0 unspecified atom stereocenters. The molecule has 0 spiro atoms. The van der Waals surface area contributed by atoms with Gasteiger partial charge in [-0.3, -0.25) is 14.2 Å². The van der Waals surface area contributed by atoms with Crippen molar-refractivity contribution < 1.29 is 14.3 Å². The Balaban J connectivity index is 1.64. The molecule has 0 aliphatic heterocycles. The summed E-state index contributed by atoms with van der Waals surface area (Å²) in [5.41, 5.74) is 0.837. The summed E-state index contributed by atoms with van der Waals surface area (Å²) in [5, 5.41) is 5.19. The number of nitrogens with zero attached hydrogens (tertiary/aromatic N) is 2. The van der Waals surface area contributed by atoms with E-state index in [1.54, 1.807) is 12.1 Å². The minimum absolute atomic E-state index is 0.153. The van der Waals surface area contributed by atoms with Crippen LogP contribution in [-0.4, -0.2) is 29.7 Å². The molecule has 1 amide bonds. The number of ether oxygens (including phenoxy) is 2. The number of amides is 1. The molecule has 3 aromatic carbocycles. The fraction of sp³-hybridized carbons (Fsp3) is 0.136.